The number of hydrogen-bond donors (Lipinski definition) is 0. The predicted molar refractivity (Wildman–Crippen MR) is 72.7 cm³/mol. The Balaban J connectivity index is 1.39. The number of nitrogens with zero attached hydrogens (tertiary/aromatic N) is 4. The molecule has 0 aliphatic carbocycles. The molecule has 5 nitrogen and oxygen atoms in total. The van der Waals surface area contributed by atoms with E-state index in [0.29, 0.717) is 0 Å². The minimum absolute atomic E-state index is 0.933. The summed E-state index contributed by atoms with van der Waals surface area (Å²) in [5.41, 5.74) is 0. The molecule has 0 radical (unpaired) electrons. The molecule has 0 bridgehead atoms. The molecule has 3 heterocycles. The average molecular weight is 260 g/mol. The van der Waals surface area contributed by atoms with E-state index in [9.17, 15) is 0 Å². The molecule has 102 valence electrons. The van der Waals surface area contributed by atoms with Crippen LogP contribution in [0.3, 0.4) is 0 Å². The zero-order valence-corrected chi connectivity index (χ0v) is 11.1. The lowest BCUT2D eigenvalue weighted by Gasteiger charge is -2.34. The Bertz CT molecular complexity index is 458. The highest BCUT2D eigenvalue weighted by molar-refractivity contribution is 4.98. The van der Waals surface area contributed by atoms with E-state index in [0.717, 1.165) is 51.6 Å². The first-order valence-electron chi connectivity index (χ1n) is 6.83. The summed E-state index contributed by atoms with van der Waals surface area (Å²) in [4.78, 5) is 9.03. The summed E-state index contributed by atoms with van der Waals surface area (Å²) >= 11 is 0. The summed E-state index contributed by atoms with van der Waals surface area (Å²) in [6.45, 7) is 7.56. The Morgan fingerprint density at radius 2 is 1.95 bits per heavy atom. The van der Waals surface area contributed by atoms with Crippen molar-refractivity contribution in [1.29, 1.82) is 0 Å². The van der Waals surface area contributed by atoms with Gasteiger partial charge >= 0.3 is 0 Å². The first-order valence-corrected chi connectivity index (χ1v) is 6.83. The second-order valence-corrected chi connectivity index (χ2v) is 5.00. The van der Waals surface area contributed by atoms with E-state index in [1.54, 1.807) is 6.26 Å². The number of aromatic nitrogens is 2. The highest BCUT2D eigenvalue weighted by atomic mass is 16.3. The highest BCUT2D eigenvalue weighted by Crippen LogP contribution is 2.08. The fourth-order valence-corrected chi connectivity index (χ4v) is 2.47. The van der Waals surface area contributed by atoms with Crippen molar-refractivity contribution in [3.8, 4) is 0 Å². The summed E-state index contributed by atoms with van der Waals surface area (Å²) in [6, 6.07) is 4.00. The molecule has 1 aliphatic heterocycles. The molecule has 0 atom stereocenters. The highest BCUT2D eigenvalue weighted by Gasteiger charge is 2.17. The molecule has 2 aromatic heterocycles. The number of piperazine rings is 1. The van der Waals surface area contributed by atoms with E-state index in [2.05, 4.69) is 19.4 Å². The van der Waals surface area contributed by atoms with E-state index < -0.39 is 0 Å². The van der Waals surface area contributed by atoms with Crippen LogP contribution in [0.2, 0.25) is 0 Å². The molecule has 1 saturated heterocycles. The van der Waals surface area contributed by atoms with Gasteiger partial charge in [-0.15, -0.1) is 0 Å². The first kappa shape index (κ1) is 12.4. The van der Waals surface area contributed by atoms with Crippen molar-refractivity contribution in [3.63, 3.8) is 0 Å². The molecule has 0 amide bonds. The van der Waals surface area contributed by atoms with Crippen molar-refractivity contribution in [1.82, 2.24) is 19.4 Å². The van der Waals surface area contributed by atoms with Crippen LogP contribution in [0.25, 0.3) is 0 Å². The van der Waals surface area contributed by atoms with Crippen molar-refractivity contribution >= 4 is 0 Å². The second-order valence-electron chi connectivity index (χ2n) is 5.00. The van der Waals surface area contributed by atoms with E-state index in [4.69, 9.17) is 4.42 Å². The fourth-order valence-electron chi connectivity index (χ4n) is 2.47. The molecule has 0 spiro atoms. The van der Waals surface area contributed by atoms with Crippen molar-refractivity contribution in [2.45, 2.75) is 13.1 Å². The summed E-state index contributed by atoms with van der Waals surface area (Å²) in [6.07, 6.45) is 7.48. The summed E-state index contributed by atoms with van der Waals surface area (Å²) in [5, 5.41) is 0. The van der Waals surface area contributed by atoms with Crippen molar-refractivity contribution in [2.75, 3.05) is 32.7 Å². The van der Waals surface area contributed by atoms with Crippen LogP contribution in [-0.4, -0.2) is 52.1 Å². The van der Waals surface area contributed by atoms with Crippen LogP contribution in [0, 0.1) is 0 Å². The van der Waals surface area contributed by atoms with Crippen LogP contribution in [-0.2, 0) is 13.1 Å². The van der Waals surface area contributed by atoms with Crippen LogP contribution >= 0.6 is 0 Å². The van der Waals surface area contributed by atoms with Gasteiger partial charge in [-0.1, -0.05) is 0 Å². The molecule has 5 heteroatoms. The summed E-state index contributed by atoms with van der Waals surface area (Å²) in [5.74, 6) is 1.06. The topological polar surface area (TPSA) is 37.4 Å². The van der Waals surface area contributed by atoms with Gasteiger partial charge in [-0.25, -0.2) is 4.98 Å². The molecule has 0 unspecified atom stereocenters. The average Bonchev–Trinajstić information content (AvgIpc) is 3.11. The Hall–Kier alpha value is -1.59. The maximum atomic E-state index is 5.39. The SMILES string of the molecule is c1coc(CN2CCN(CCn3ccnc3)CC2)c1. The molecular formula is C14H20N4O. The van der Waals surface area contributed by atoms with Crippen LogP contribution < -0.4 is 0 Å². The first-order chi connectivity index (χ1) is 9.40. The van der Waals surface area contributed by atoms with Gasteiger partial charge in [0.1, 0.15) is 5.76 Å². The molecule has 0 saturated carbocycles. The lowest BCUT2D eigenvalue weighted by atomic mass is 10.3. The van der Waals surface area contributed by atoms with E-state index in [1.807, 2.05) is 30.9 Å². The molecule has 1 aliphatic rings. The lowest BCUT2D eigenvalue weighted by Crippen LogP contribution is -2.46. The van der Waals surface area contributed by atoms with Crippen molar-refractivity contribution < 1.29 is 4.42 Å². The van der Waals surface area contributed by atoms with Gasteiger partial charge in [0.25, 0.3) is 0 Å². The van der Waals surface area contributed by atoms with Gasteiger partial charge in [-0.2, -0.15) is 0 Å². The molecule has 3 rings (SSSR count). The minimum Gasteiger partial charge on any atom is -0.468 e. The zero-order chi connectivity index (χ0) is 12.9. The number of rotatable bonds is 5. The fraction of sp³-hybridized carbons (Fsp3) is 0.500. The van der Waals surface area contributed by atoms with Gasteiger partial charge in [0, 0.05) is 51.7 Å². The van der Waals surface area contributed by atoms with E-state index >= 15 is 0 Å². The molecular weight excluding hydrogens is 240 g/mol. The van der Waals surface area contributed by atoms with E-state index in [-0.39, 0.29) is 0 Å². The number of hydrogen-bond acceptors (Lipinski definition) is 4. The number of furan rings is 1. The van der Waals surface area contributed by atoms with Gasteiger partial charge in [0.15, 0.2) is 0 Å². The summed E-state index contributed by atoms with van der Waals surface area (Å²) < 4.78 is 7.53. The normalized spacial score (nSPS) is 17.9. The minimum atomic E-state index is 0.933. The zero-order valence-electron chi connectivity index (χ0n) is 11.1. The Labute approximate surface area is 113 Å². The van der Waals surface area contributed by atoms with Crippen LogP contribution in [0.15, 0.2) is 41.5 Å². The maximum Gasteiger partial charge on any atom is 0.117 e. The third-order valence-corrected chi connectivity index (χ3v) is 3.66. The predicted octanol–water partition coefficient (Wildman–Crippen LogP) is 1.29. The third-order valence-electron chi connectivity index (χ3n) is 3.66. The van der Waals surface area contributed by atoms with Gasteiger partial charge in [-0.3, -0.25) is 9.80 Å². The van der Waals surface area contributed by atoms with Gasteiger partial charge < -0.3 is 8.98 Å². The molecule has 1 fully saturated rings. The summed E-state index contributed by atoms with van der Waals surface area (Å²) in [7, 11) is 0. The molecule has 2 aromatic rings. The second kappa shape index (κ2) is 6.04. The van der Waals surface area contributed by atoms with Gasteiger partial charge in [0.2, 0.25) is 0 Å². The smallest absolute Gasteiger partial charge is 0.117 e. The quantitative estimate of drug-likeness (QED) is 0.812. The largest absolute Gasteiger partial charge is 0.468 e. The van der Waals surface area contributed by atoms with E-state index in [1.165, 1.54) is 0 Å². The molecule has 0 N–H and O–H groups in total. The van der Waals surface area contributed by atoms with Crippen molar-refractivity contribution in [3.05, 3.63) is 42.9 Å². The Morgan fingerprint density at radius 3 is 2.63 bits per heavy atom. The third kappa shape index (κ3) is 3.45. The van der Waals surface area contributed by atoms with Crippen LogP contribution in [0.4, 0.5) is 0 Å². The maximum absolute atomic E-state index is 5.39. The van der Waals surface area contributed by atoms with Crippen LogP contribution in [0.5, 0.6) is 0 Å². The Kier molecular flexibility index (Phi) is 3.95. The van der Waals surface area contributed by atoms with Crippen molar-refractivity contribution in [2.24, 2.45) is 0 Å². The molecule has 19 heavy (non-hydrogen) atoms. The van der Waals surface area contributed by atoms with Gasteiger partial charge in [-0.05, 0) is 12.1 Å². The molecule has 0 aromatic carbocycles. The Morgan fingerprint density at radius 1 is 1.11 bits per heavy atom. The van der Waals surface area contributed by atoms with Crippen LogP contribution in [0.1, 0.15) is 5.76 Å². The monoisotopic (exact) mass is 260 g/mol. The standard InChI is InChI=1S/C14H20N4O/c1-2-14(19-11-1)12-17-8-5-16(6-9-17)7-10-18-4-3-15-13-18/h1-4,11,13H,5-10,12H2. The lowest BCUT2D eigenvalue weighted by molar-refractivity contribution is 0.118. The number of imidazole rings is 1. The van der Waals surface area contributed by atoms with Gasteiger partial charge in [0.05, 0.1) is 19.1 Å².